The zero-order valence-corrected chi connectivity index (χ0v) is 18.2. The Morgan fingerprint density at radius 3 is 2.40 bits per heavy atom. The molecule has 10 heteroatoms. The quantitative estimate of drug-likeness (QED) is 0.186. The molecule has 1 aromatic rings. The molecule has 0 bridgehead atoms. The maximum Gasteiger partial charge on any atom is 0.354 e. The molecule has 30 heavy (non-hydrogen) atoms. The highest BCUT2D eigenvalue weighted by Gasteiger charge is 2.50. The molecule has 2 rings (SSSR count). The first kappa shape index (κ1) is 27.2. The van der Waals surface area contributed by atoms with Crippen molar-refractivity contribution in [2.75, 3.05) is 13.7 Å². The average Bonchev–Trinajstić information content (AvgIpc) is 3.38. The number of rotatable bonds is 8. The van der Waals surface area contributed by atoms with Crippen LogP contribution >= 0.6 is 0 Å². The number of methoxy groups -OCH3 is 1. The second kappa shape index (κ2) is 12.7. The predicted octanol–water partition coefficient (Wildman–Crippen LogP) is 4.23. The normalized spacial score (nSPS) is 14.9. The predicted molar refractivity (Wildman–Crippen MR) is 111 cm³/mol. The first-order valence-corrected chi connectivity index (χ1v) is 9.53. The fourth-order valence-corrected chi connectivity index (χ4v) is 2.88. The molecule has 1 saturated carbocycles. The highest BCUT2D eigenvalue weighted by Crippen LogP contribution is 2.53. The van der Waals surface area contributed by atoms with E-state index in [4.69, 9.17) is 20.8 Å². The summed E-state index contributed by atoms with van der Waals surface area (Å²) in [6.45, 7) is 12.1. The van der Waals surface area contributed by atoms with Crippen LogP contribution in [0.2, 0.25) is 0 Å². The van der Waals surface area contributed by atoms with E-state index >= 15 is 0 Å². The molecule has 1 aromatic heterocycles. The van der Waals surface area contributed by atoms with Gasteiger partial charge in [0.15, 0.2) is 0 Å². The van der Waals surface area contributed by atoms with Gasteiger partial charge in [-0.15, -0.1) is 0 Å². The second-order valence-electron chi connectivity index (χ2n) is 6.33. The van der Waals surface area contributed by atoms with Gasteiger partial charge in [-0.05, 0) is 38.3 Å². The maximum absolute atomic E-state index is 12.2. The zero-order valence-electron chi connectivity index (χ0n) is 18.2. The number of allylic oxidation sites excluding steroid dienone is 2. The number of hydrogen-bond acceptors (Lipinski definition) is 5. The molecule has 0 aliphatic heterocycles. The molecule has 0 atom stereocenters. The van der Waals surface area contributed by atoms with Crippen LogP contribution in [-0.2, 0) is 11.3 Å². The summed E-state index contributed by atoms with van der Waals surface area (Å²) in [4.78, 5) is 10.7. The highest BCUT2D eigenvalue weighted by atomic mass is 19.3. The Morgan fingerprint density at radius 1 is 1.50 bits per heavy atom. The van der Waals surface area contributed by atoms with E-state index in [0.29, 0.717) is 5.84 Å². The van der Waals surface area contributed by atoms with Gasteiger partial charge in [0.25, 0.3) is 6.43 Å². The van der Waals surface area contributed by atoms with Crippen LogP contribution in [0.1, 0.15) is 63.1 Å². The first-order chi connectivity index (χ1) is 14.1. The Bertz CT molecular complexity index is 769. The molecule has 0 saturated heterocycles. The van der Waals surface area contributed by atoms with Crippen molar-refractivity contribution in [1.29, 1.82) is 0 Å². The number of hydrogen-bond donors (Lipinski definition) is 3. The van der Waals surface area contributed by atoms with Crippen molar-refractivity contribution in [1.82, 2.24) is 9.78 Å². The van der Waals surface area contributed by atoms with Crippen molar-refractivity contribution in [3.63, 3.8) is 0 Å². The number of halogens is 2. The highest BCUT2D eigenvalue weighted by molar-refractivity contribution is 5.92. The monoisotopic (exact) mass is 430 g/mol. The molecule has 0 amide bonds. The third kappa shape index (κ3) is 6.94. The van der Waals surface area contributed by atoms with Crippen molar-refractivity contribution in [2.45, 2.75) is 53.5 Å². The summed E-state index contributed by atoms with van der Waals surface area (Å²) in [5.41, 5.74) is 6.72. The van der Waals surface area contributed by atoms with Gasteiger partial charge in [-0.2, -0.15) is 5.10 Å². The molecular formula is C20H32F2N4O4. The molecule has 170 valence electrons. The van der Waals surface area contributed by atoms with Gasteiger partial charge in [-0.3, -0.25) is 4.68 Å². The van der Waals surface area contributed by atoms with E-state index < -0.39 is 18.1 Å². The minimum Gasteiger partial charge on any atom is -0.477 e. The number of carbonyl (C=O) groups is 1. The van der Waals surface area contributed by atoms with Gasteiger partial charge in [-0.25, -0.2) is 13.6 Å². The fraction of sp³-hybridized carbons (Fsp3) is 0.550. The van der Waals surface area contributed by atoms with Crippen LogP contribution in [0.4, 0.5) is 8.78 Å². The zero-order chi connectivity index (χ0) is 23.5. The number of carboxylic acid groups (broad SMARTS) is 1. The lowest BCUT2D eigenvalue weighted by molar-refractivity contribution is 0.0680. The lowest BCUT2D eigenvalue weighted by Gasteiger charge is -2.17. The van der Waals surface area contributed by atoms with Crippen LogP contribution in [0.3, 0.4) is 0 Å². The van der Waals surface area contributed by atoms with Crippen LogP contribution < -0.4 is 5.73 Å². The summed E-state index contributed by atoms with van der Waals surface area (Å²) in [7, 11) is 1.43. The number of carboxylic acids is 1. The SMILES string of the molecule is C=C(C)/C(=C\C)C1(/C(N)=N/O)CC1.CC.COCCn1nc(C(F)F)cc1C(=O)O. The van der Waals surface area contributed by atoms with E-state index in [9.17, 15) is 13.6 Å². The molecule has 0 spiro atoms. The largest absolute Gasteiger partial charge is 0.477 e. The molecule has 1 aliphatic carbocycles. The lowest BCUT2D eigenvalue weighted by atomic mass is 9.89. The lowest BCUT2D eigenvalue weighted by Crippen LogP contribution is -2.27. The van der Waals surface area contributed by atoms with E-state index in [1.807, 2.05) is 33.8 Å². The van der Waals surface area contributed by atoms with Crippen molar-refractivity contribution < 1.29 is 28.6 Å². The Hall–Kier alpha value is -2.75. The summed E-state index contributed by atoms with van der Waals surface area (Å²) >= 11 is 0. The van der Waals surface area contributed by atoms with E-state index in [1.54, 1.807) is 0 Å². The number of aromatic carboxylic acids is 1. The summed E-state index contributed by atoms with van der Waals surface area (Å²) < 4.78 is 30.2. The molecule has 0 aromatic carbocycles. The first-order valence-electron chi connectivity index (χ1n) is 9.53. The number of ether oxygens (including phenoxy) is 1. The Balaban J connectivity index is 0.000000522. The molecule has 4 N–H and O–H groups in total. The minimum atomic E-state index is -2.77. The van der Waals surface area contributed by atoms with Crippen LogP contribution in [0.5, 0.6) is 0 Å². The minimum absolute atomic E-state index is 0.130. The van der Waals surface area contributed by atoms with E-state index in [1.165, 1.54) is 7.11 Å². The van der Waals surface area contributed by atoms with Gasteiger partial charge in [0.05, 0.1) is 18.6 Å². The molecule has 1 aliphatic rings. The topological polar surface area (TPSA) is 123 Å². The van der Waals surface area contributed by atoms with Gasteiger partial charge in [0, 0.05) is 7.11 Å². The Kier molecular flexibility index (Phi) is 11.6. The molecular weight excluding hydrogens is 398 g/mol. The number of alkyl halides is 2. The molecule has 0 radical (unpaired) electrons. The number of aromatic nitrogens is 2. The van der Waals surface area contributed by atoms with Crippen LogP contribution in [0.15, 0.2) is 35.0 Å². The fourth-order valence-electron chi connectivity index (χ4n) is 2.88. The number of nitrogens with zero attached hydrogens (tertiary/aromatic N) is 3. The smallest absolute Gasteiger partial charge is 0.354 e. The average molecular weight is 430 g/mol. The van der Waals surface area contributed by atoms with Crippen molar-refractivity contribution in [3.8, 4) is 0 Å². The van der Waals surface area contributed by atoms with E-state index in [0.717, 1.165) is 34.7 Å². The third-order valence-electron chi connectivity index (χ3n) is 4.36. The van der Waals surface area contributed by atoms with Crippen LogP contribution in [-0.4, -0.2) is 45.6 Å². The summed E-state index contributed by atoms with van der Waals surface area (Å²) in [6, 6.07) is 0.864. The third-order valence-corrected chi connectivity index (χ3v) is 4.36. The van der Waals surface area contributed by atoms with Gasteiger partial charge in [0.1, 0.15) is 17.2 Å². The summed E-state index contributed by atoms with van der Waals surface area (Å²) in [6.07, 6.45) is 1.13. The Labute approximate surface area is 175 Å². The van der Waals surface area contributed by atoms with Crippen molar-refractivity contribution in [3.05, 3.63) is 41.3 Å². The standard InChI is InChI=1S/C10H16N2O.C8H10F2N2O3.C2H6/c1-4-8(7(2)3)10(5-6-10)9(11)12-13;1-15-3-2-12-6(8(13)14)4-5(11-12)7(9)10;1-2/h4,13H,2,5-6H2,1,3H3,(H2,11,12);4,7H,2-3H2,1H3,(H,13,14);1-2H3/b8-4+;;. The molecule has 0 unspecified atom stereocenters. The Morgan fingerprint density at radius 2 is 2.07 bits per heavy atom. The molecule has 1 fully saturated rings. The summed E-state index contributed by atoms with van der Waals surface area (Å²) in [5.74, 6) is -0.978. The molecule has 8 nitrogen and oxygen atoms in total. The van der Waals surface area contributed by atoms with Gasteiger partial charge < -0.3 is 20.8 Å². The molecule has 1 heterocycles. The van der Waals surface area contributed by atoms with Gasteiger partial charge in [-0.1, -0.05) is 37.2 Å². The van der Waals surface area contributed by atoms with Gasteiger partial charge >= 0.3 is 5.97 Å². The van der Waals surface area contributed by atoms with Gasteiger partial charge in [0.2, 0.25) is 0 Å². The van der Waals surface area contributed by atoms with Crippen LogP contribution in [0.25, 0.3) is 0 Å². The number of oxime groups is 1. The summed E-state index contributed by atoms with van der Waals surface area (Å²) in [5, 5.41) is 23.9. The van der Waals surface area contributed by atoms with Crippen LogP contribution in [0, 0.1) is 5.41 Å². The van der Waals surface area contributed by atoms with Crippen molar-refractivity contribution in [2.24, 2.45) is 16.3 Å². The maximum atomic E-state index is 12.2. The van der Waals surface area contributed by atoms with E-state index in [2.05, 4.69) is 16.8 Å². The second-order valence-corrected chi connectivity index (χ2v) is 6.33. The van der Waals surface area contributed by atoms with Crippen molar-refractivity contribution >= 4 is 11.8 Å². The number of nitrogens with two attached hydrogens (primary N) is 1. The van der Waals surface area contributed by atoms with E-state index in [-0.39, 0.29) is 24.3 Å². The number of amidine groups is 1.